The third kappa shape index (κ3) is 4.25. The van der Waals surface area contributed by atoms with Crippen molar-refractivity contribution in [2.75, 3.05) is 32.8 Å². The Kier molecular flexibility index (Phi) is 6.15. The highest BCUT2D eigenvalue weighted by Gasteiger charge is 2.44. The number of carbonyl (C=O) groups excluding carboxylic acids is 1. The zero-order valence-electron chi connectivity index (χ0n) is 17.9. The zero-order valence-corrected chi connectivity index (χ0v) is 17.9. The van der Waals surface area contributed by atoms with Crippen molar-refractivity contribution in [2.45, 2.75) is 57.7 Å². The normalized spacial score (nSPS) is 29.7. The van der Waals surface area contributed by atoms with Crippen molar-refractivity contribution < 1.29 is 18.3 Å². The van der Waals surface area contributed by atoms with Crippen molar-refractivity contribution >= 4 is 5.91 Å². The van der Waals surface area contributed by atoms with Crippen LogP contribution in [0.4, 0.5) is 8.78 Å². The highest BCUT2D eigenvalue weighted by molar-refractivity contribution is 5.78. The van der Waals surface area contributed by atoms with E-state index >= 15 is 0 Å². The Bertz CT molecular complexity index is 780. The van der Waals surface area contributed by atoms with Gasteiger partial charge in [0.25, 0.3) is 0 Å². The van der Waals surface area contributed by atoms with Crippen LogP contribution >= 0.6 is 0 Å². The van der Waals surface area contributed by atoms with Crippen molar-refractivity contribution in [3.05, 3.63) is 35.4 Å². The van der Waals surface area contributed by atoms with Crippen molar-refractivity contribution in [1.29, 1.82) is 0 Å². The van der Waals surface area contributed by atoms with E-state index in [1.54, 1.807) is 0 Å². The molecule has 2 N–H and O–H groups in total. The summed E-state index contributed by atoms with van der Waals surface area (Å²) in [5.74, 6) is -0.641. The summed E-state index contributed by atoms with van der Waals surface area (Å²) in [5, 5.41) is 0. The van der Waals surface area contributed by atoms with Gasteiger partial charge in [-0.2, -0.15) is 0 Å². The number of amides is 1. The average molecular weight is 422 g/mol. The fraction of sp³-hybridized carbons (Fsp3) is 0.696. The molecule has 3 atom stereocenters. The lowest BCUT2D eigenvalue weighted by molar-refractivity contribution is -0.134. The Hall–Kier alpha value is -1.57. The molecule has 5 nitrogen and oxygen atoms in total. The summed E-state index contributed by atoms with van der Waals surface area (Å²) in [7, 11) is 0. The third-order valence-electron chi connectivity index (χ3n) is 7.28. The second-order valence-electron chi connectivity index (χ2n) is 9.67. The van der Waals surface area contributed by atoms with Gasteiger partial charge in [-0.15, -0.1) is 0 Å². The van der Waals surface area contributed by atoms with Gasteiger partial charge >= 0.3 is 0 Å². The number of hydrogen-bond acceptors (Lipinski definition) is 4. The SMILES string of the molecule is CC(C)C(=O)N1CCC2(CCN(C3COC(c4cc(F)ccc4F)C(N)C3)CC2)C1. The molecule has 1 aromatic rings. The molecule has 3 saturated heterocycles. The Morgan fingerprint density at radius 1 is 1.20 bits per heavy atom. The monoisotopic (exact) mass is 421 g/mol. The highest BCUT2D eigenvalue weighted by Crippen LogP contribution is 2.42. The molecule has 3 unspecified atom stereocenters. The first kappa shape index (κ1) is 21.7. The van der Waals surface area contributed by atoms with E-state index in [9.17, 15) is 13.6 Å². The van der Waals surface area contributed by atoms with Crippen LogP contribution in [0, 0.1) is 23.0 Å². The molecule has 1 amide bonds. The van der Waals surface area contributed by atoms with E-state index in [1.165, 1.54) is 6.07 Å². The number of rotatable bonds is 3. The Balaban J connectivity index is 1.32. The minimum absolute atomic E-state index is 0.0528. The van der Waals surface area contributed by atoms with Gasteiger partial charge in [0.1, 0.15) is 17.7 Å². The van der Waals surface area contributed by atoms with Crippen LogP contribution in [0.25, 0.3) is 0 Å². The first-order valence-electron chi connectivity index (χ1n) is 11.1. The van der Waals surface area contributed by atoms with Gasteiger partial charge in [-0.3, -0.25) is 9.69 Å². The lowest BCUT2D eigenvalue weighted by Gasteiger charge is -2.45. The summed E-state index contributed by atoms with van der Waals surface area (Å²) in [6.45, 7) is 8.07. The number of likely N-dealkylation sites (tertiary alicyclic amines) is 2. The van der Waals surface area contributed by atoms with Crippen LogP contribution in [0.1, 0.15) is 51.2 Å². The van der Waals surface area contributed by atoms with E-state index in [-0.39, 0.29) is 34.9 Å². The van der Waals surface area contributed by atoms with Gasteiger partial charge in [0.2, 0.25) is 5.91 Å². The first-order valence-corrected chi connectivity index (χ1v) is 11.1. The van der Waals surface area contributed by atoms with Gasteiger partial charge in [0, 0.05) is 36.7 Å². The van der Waals surface area contributed by atoms with Crippen molar-refractivity contribution in [3.63, 3.8) is 0 Å². The van der Waals surface area contributed by atoms with Crippen LogP contribution in [0.5, 0.6) is 0 Å². The van der Waals surface area contributed by atoms with Crippen molar-refractivity contribution in [3.8, 4) is 0 Å². The molecule has 0 aliphatic carbocycles. The number of nitrogens with zero attached hydrogens (tertiary/aromatic N) is 2. The molecule has 30 heavy (non-hydrogen) atoms. The molecule has 0 radical (unpaired) electrons. The van der Waals surface area contributed by atoms with Gasteiger partial charge in [0.15, 0.2) is 0 Å². The van der Waals surface area contributed by atoms with Gasteiger partial charge in [-0.25, -0.2) is 8.78 Å². The standard InChI is InChI=1S/C23H33F2N3O2/c1-15(2)22(29)28-10-7-23(14-28)5-8-27(9-6-23)17-12-20(26)21(30-13-17)18-11-16(24)3-4-19(18)25/h3-4,11,15,17,20-21H,5-10,12-14,26H2,1-2H3. The summed E-state index contributed by atoms with van der Waals surface area (Å²) in [5.41, 5.74) is 6.79. The quantitative estimate of drug-likeness (QED) is 0.815. The van der Waals surface area contributed by atoms with E-state index in [0.29, 0.717) is 13.0 Å². The molecule has 166 valence electrons. The van der Waals surface area contributed by atoms with E-state index in [1.807, 2.05) is 18.7 Å². The molecule has 4 rings (SSSR count). The number of carbonyl (C=O) groups is 1. The molecule has 1 spiro atoms. The number of piperidine rings is 1. The minimum Gasteiger partial charge on any atom is -0.370 e. The van der Waals surface area contributed by atoms with Crippen LogP contribution in [0.2, 0.25) is 0 Å². The van der Waals surface area contributed by atoms with Crippen LogP contribution in [-0.4, -0.2) is 60.6 Å². The fourth-order valence-corrected chi connectivity index (χ4v) is 5.41. The topological polar surface area (TPSA) is 58.8 Å². The van der Waals surface area contributed by atoms with Crippen molar-refractivity contribution in [1.82, 2.24) is 9.80 Å². The third-order valence-corrected chi connectivity index (χ3v) is 7.28. The molecule has 0 aromatic heterocycles. The van der Waals surface area contributed by atoms with Gasteiger partial charge in [-0.1, -0.05) is 13.8 Å². The molecule has 7 heteroatoms. The molecule has 0 bridgehead atoms. The molecule has 1 aromatic carbocycles. The van der Waals surface area contributed by atoms with Crippen LogP contribution in [-0.2, 0) is 9.53 Å². The van der Waals surface area contributed by atoms with Crippen LogP contribution < -0.4 is 5.73 Å². The summed E-state index contributed by atoms with van der Waals surface area (Å²) < 4.78 is 33.7. The average Bonchev–Trinajstić information content (AvgIpc) is 3.13. The Labute approximate surface area is 177 Å². The van der Waals surface area contributed by atoms with Gasteiger partial charge < -0.3 is 15.4 Å². The Morgan fingerprint density at radius 2 is 1.90 bits per heavy atom. The summed E-state index contributed by atoms with van der Waals surface area (Å²) in [6, 6.07) is 3.25. The number of ether oxygens (including phenoxy) is 1. The number of hydrogen-bond donors (Lipinski definition) is 1. The maximum atomic E-state index is 14.1. The number of benzene rings is 1. The number of halogens is 2. The van der Waals surface area contributed by atoms with E-state index in [0.717, 1.165) is 57.6 Å². The second kappa shape index (κ2) is 8.52. The van der Waals surface area contributed by atoms with Crippen LogP contribution in [0.15, 0.2) is 18.2 Å². The summed E-state index contributed by atoms with van der Waals surface area (Å²) >= 11 is 0. The maximum Gasteiger partial charge on any atom is 0.225 e. The molecular weight excluding hydrogens is 388 g/mol. The molecule has 3 fully saturated rings. The van der Waals surface area contributed by atoms with Gasteiger partial charge in [-0.05, 0) is 62.4 Å². The smallest absolute Gasteiger partial charge is 0.225 e. The maximum absolute atomic E-state index is 14.1. The summed E-state index contributed by atoms with van der Waals surface area (Å²) in [4.78, 5) is 16.8. The molecular formula is C23H33F2N3O2. The molecule has 3 aliphatic heterocycles. The lowest BCUT2D eigenvalue weighted by Crippen LogP contribution is -2.53. The number of nitrogens with two attached hydrogens (primary N) is 1. The Morgan fingerprint density at radius 3 is 2.57 bits per heavy atom. The highest BCUT2D eigenvalue weighted by atomic mass is 19.1. The second-order valence-corrected chi connectivity index (χ2v) is 9.67. The predicted molar refractivity (Wildman–Crippen MR) is 111 cm³/mol. The lowest BCUT2D eigenvalue weighted by atomic mass is 9.77. The largest absolute Gasteiger partial charge is 0.370 e. The zero-order chi connectivity index (χ0) is 21.5. The molecule has 0 saturated carbocycles. The molecule has 3 aliphatic rings. The van der Waals surface area contributed by atoms with E-state index in [2.05, 4.69) is 4.90 Å². The predicted octanol–water partition coefficient (Wildman–Crippen LogP) is 3.09. The van der Waals surface area contributed by atoms with Crippen LogP contribution in [0.3, 0.4) is 0 Å². The fourth-order valence-electron chi connectivity index (χ4n) is 5.41. The van der Waals surface area contributed by atoms with E-state index in [4.69, 9.17) is 10.5 Å². The van der Waals surface area contributed by atoms with Gasteiger partial charge in [0.05, 0.1) is 6.61 Å². The van der Waals surface area contributed by atoms with Crippen molar-refractivity contribution in [2.24, 2.45) is 17.1 Å². The molecule has 3 heterocycles. The summed E-state index contributed by atoms with van der Waals surface area (Å²) in [6.07, 6.45) is 3.32. The minimum atomic E-state index is -0.612. The first-order chi connectivity index (χ1) is 14.3. The van der Waals surface area contributed by atoms with E-state index < -0.39 is 17.7 Å².